The molecule has 0 saturated carbocycles. The van der Waals surface area contributed by atoms with Crippen LogP contribution >= 0.6 is 0 Å². The summed E-state index contributed by atoms with van der Waals surface area (Å²) >= 11 is 0. The number of alkyl halides is 1. The normalized spacial score (nSPS) is 18.1. The van der Waals surface area contributed by atoms with Gasteiger partial charge < -0.3 is 19.7 Å². The molecule has 2 N–H and O–H groups in total. The van der Waals surface area contributed by atoms with Crippen LogP contribution in [0.1, 0.15) is 36.1 Å². The average Bonchev–Trinajstić information content (AvgIpc) is 2.84. The van der Waals surface area contributed by atoms with Crippen molar-refractivity contribution in [1.82, 2.24) is 4.90 Å². The maximum absolute atomic E-state index is 12.6. The van der Waals surface area contributed by atoms with Gasteiger partial charge in [-0.1, -0.05) is 31.2 Å². The van der Waals surface area contributed by atoms with Crippen molar-refractivity contribution in [1.29, 1.82) is 0 Å². The molecule has 6 heteroatoms. The Morgan fingerprint density at radius 1 is 1.00 bits per heavy atom. The van der Waals surface area contributed by atoms with Crippen LogP contribution in [-0.4, -0.2) is 48.0 Å². The van der Waals surface area contributed by atoms with E-state index in [4.69, 9.17) is 9.47 Å². The summed E-state index contributed by atoms with van der Waals surface area (Å²) in [6.45, 7) is 4.80. The number of phenols is 2. The van der Waals surface area contributed by atoms with Crippen molar-refractivity contribution in [3.05, 3.63) is 83.4 Å². The highest BCUT2D eigenvalue weighted by atomic mass is 19.1. The number of aromatic hydroxyl groups is 2. The van der Waals surface area contributed by atoms with E-state index in [2.05, 4.69) is 11.8 Å². The van der Waals surface area contributed by atoms with Crippen LogP contribution in [-0.2, 0) is 0 Å². The molecule has 2 aliphatic heterocycles. The molecule has 182 valence electrons. The van der Waals surface area contributed by atoms with Gasteiger partial charge in [0, 0.05) is 42.8 Å². The van der Waals surface area contributed by atoms with Gasteiger partial charge in [0.1, 0.15) is 35.7 Å². The minimum atomic E-state index is -0.408. The molecular weight excluding hydrogens is 445 g/mol. The van der Waals surface area contributed by atoms with Gasteiger partial charge in [-0.3, -0.25) is 9.29 Å². The molecule has 0 spiro atoms. The molecule has 0 aromatic heterocycles. The van der Waals surface area contributed by atoms with Crippen LogP contribution < -0.4 is 9.47 Å². The first kappa shape index (κ1) is 23.2. The number of phenolic OH excluding ortho intramolecular Hbond substituents is 2. The van der Waals surface area contributed by atoms with Crippen molar-refractivity contribution in [2.45, 2.75) is 19.4 Å². The number of benzene rings is 3. The minimum Gasteiger partial charge on any atom is -0.508 e. The summed E-state index contributed by atoms with van der Waals surface area (Å²) in [4.78, 5) is 2.19. The van der Waals surface area contributed by atoms with Crippen LogP contribution in [0, 0.1) is 5.92 Å². The molecule has 3 aromatic rings. The lowest BCUT2D eigenvalue weighted by Gasteiger charge is -2.37. The summed E-state index contributed by atoms with van der Waals surface area (Å²) in [6.07, 6.45) is 0.359. The second kappa shape index (κ2) is 10.0. The maximum Gasteiger partial charge on any atom is 0.150 e. The second-order valence-electron chi connectivity index (χ2n) is 9.17. The Balaban J connectivity index is 1.41. The highest BCUT2D eigenvalue weighted by molar-refractivity contribution is 5.96. The predicted octanol–water partition coefficient (Wildman–Crippen LogP) is 5.83. The molecule has 35 heavy (non-hydrogen) atoms. The molecule has 0 bridgehead atoms. The summed E-state index contributed by atoms with van der Waals surface area (Å²) < 4.78 is 25.0. The maximum atomic E-state index is 12.6. The van der Waals surface area contributed by atoms with Gasteiger partial charge in [-0.05, 0) is 59.5 Å². The molecule has 1 fully saturated rings. The number of hydrogen-bond acceptors (Lipinski definition) is 5. The number of ether oxygens (including phenoxy) is 2. The third kappa shape index (κ3) is 4.84. The van der Waals surface area contributed by atoms with Crippen LogP contribution in [0.4, 0.5) is 4.39 Å². The minimum absolute atomic E-state index is 0.155. The summed E-state index contributed by atoms with van der Waals surface area (Å²) in [6, 6.07) is 20.3. The molecule has 1 saturated heterocycles. The topological polar surface area (TPSA) is 62.2 Å². The van der Waals surface area contributed by atoms with Gasteiger partial charge in [-0.25, -0.2) is 0 Å². The van der Waals surface area contributed by atoms with Gasteiger partial charge in [0.25, 0.3) is 0 Å². The fourth-order valence-corrected chi connectivity index (χ4v) is 4.95. The molecule has 0 aliphatic carbocycles. The molecule has 3 aromatic carbocycles. The molecule has 1 atom stereocenters. The quantitative estimate of drug-likeness (QED) is 0.429. The Hall–Kier alpha value is -3.51. The largest absolute Gasteiger partial charge is 0.508 e. The van der Waals surface area contributed by atoms with E-state index < -0.39 is 6.10 Å². The first-order valence-corrected chi connectivity index (χ1v) is 12.1. The molecular formula is C29H30FNO4. The molecule has 2 aliphatic rings. The van der Waals surface area contributed by atoms with Crippen LogP contribution in [0.3, 0.4) is 0 Å². The van der Waals surface area contributed by atoms with Gasteiger partial charge >= 0.3 is 0 Å². The van der Waals surface area contributed by atoms with Crippen molar-refractivity contribution < 1.29 is 24.1 Å². The number of halogens is 1. The predicted molar refractivity (Wildman–Crippen MR) is 135 cm³/mol. The Labute approximate surface area is 205 Å². The van der Waals surface area contributed by atoms with Crippen molar-refractivity contribution >= 4 is 11.1 Å². The van der Waals surface area contributed by atoms with Gasteiger partial charge in [-0.15, -0.1) is 0 Å². The highest BCUT2D eigenvalue weighted by Crippen LogP contribution is 2.49. The van der Waals surface area contributed by atoms with E-state index in [0.717, 1.165) is 59.6 Å². The van der Waals surface area contributed by atoms with E-state index in [1.54, 1.807) is 24.3 Å². The smallest absolute Gasteiger partial charge is 0.150 e. The van der Waals surface area contributed by atoms with E-state index in [0.29, 0.717) is 12.4 Å². The SMILES string of the molecule is CCC1=C(c2cccc(O)c2)[C@H](c2ccc(OCCN3CC(CF)C3)cc2)Oc2cc(O)ccc21. The fourth-order valence-electron chi connectivity index (χ4n) is 4.95. The zero-order valence-electron chi connectivity index (χ0n) is 19.8. The van der Waals surface area contributed by atoms with Crippen LogP contribution in [0.2, 0.25) is 0 Å². The van der Waals surface area contributed by atoms with Crippen molar-refractivity contribution in [3.8, 4) is 23.0 Å². The summed E-state index contributed by atoms with van der Waals surface area (Å²) in [5.74, 6) is 1.94. The molecule has 0 radical (unpaired) electrons. The zero-order chi connectivity index (χ0) is 24.4. The van der Waals surface area contributed by atoms with Gasteiger partial charge in [-0.2, -0.15) is 0 Å². The number of allylic oxidation sites excluding steroid dienone is 1. The van der Waals surface area contributed by atoms with Crippen LogP contribution in [0.5, 0.6) is 23.0 Å². The molecule has 2 heterocycles. The first-order valence-electron chi connectivity index (χ1n) is 12.1. The molecule has 5 rings (SSSR count). The molecule has 0 amide bonds. The lowest BCUT2D eigenvalue weighted by Crippen LogP contribution is -2.49. The van der Waals surface area contributed by atoms with Gasteiger partial charge in [0.2, 0.25) is 0 Å². The monoisotopic (exact) mass is 475 g/mol. The van der Waals surface area contributed by atoms with E-state index in [9.17, 15) is 14.6 Å². The van der Waals surface area contributed by atoms with E-state index in [1.165, 1.54) is 0 Å². The van der Waals surface area contributed by atoms with Crippen LogP contribution in [0.25, 0.3) is 11.1 Å². The summed E-state index contributed by atoms with van der Waals surface area (Å²) in [5, 5.41) is 20.2. The van der Waals surface area contributed by atoms with E-state index in [1.807, 2.05) is 42.5 Å². The van der Waals surface area contributed by atoms with Gasteiger partial charge in [0.05, 0.1) is 6.67 Å². The number of nitrogens with zero attached hydrogens (tertiary/aromatic N) is 1. The Bertz CT molecular complexity index is 1220. The number of likely N-dealkylation sites (tertiary alicyclic amines) is 1. The number of fused-ring (bicyclic) bond motifs is 1. The first-order chi connectivity index (χ1) is 17.1. The third-order valence-corrected chi connectivity index (χ3v) is 6.74. The van der Waals surface area contributed by atoms with E-state index >= 15 is 0 Å². The Kier molecular flexibility index (Phi) is 6.64. The molecule has 0 unspecified atom stereocenters. The summed E-state index contributed by atoms with van der Waals surface area (Å²) in [7, 11) is 0. The Morgan fingerprint density at radius 3 is 2.49 bits per heavy atom. The number of hydrogen-bond donors (Lipinski definition) is 2. The van der Waals surface area contributed by atoms with Crippen molar-refractivity contribution in [2.24, 2.45) is 5.92 Å². The summed E-state index contributed by atoms with van der Waals surface area (Å²) in [5.41, 5.74) is 4.90. The lowest BCUT2D eigenvalue weighted by atomic mass is 9.84. The van der Waals surface area contributed by atoms with Crippen molar-refractivity contribution in [2.75, 3.05) is 32.9 Å². The lowest BCUT2D eigenvalue weighted by molar-refractivity contribution is 0.0668. The van der Waals surface area contributed by atoms with E-state index in [-0.39, 0.29) is 24.1 Å². The molecule has 5 nitrogen and oxygen atoms in total. The number of rotatable bonds is 8. The second-order valence-corrected chi connectivity index (χ2v) is 9.17. The standard InChI is InChI=1S/C29H30FNO4/c1-2-25-26-11-8-23(33)15-27(26)35-29(28(25)21-4-3-5-22(32)14-21)20-6-9-24(10-7-20)34-13-12-31-17-19(16-30)18-31/h3-11,14-15,19,29,32-33H,2,12-13,16-18H2,1H3/t29-/m0/s1. The fraction of sp³-hybridized carbons (Fsp3) is 0.310. The average molecular weight is 476 g/mol. The third-order valence-electron chi connectivity index (χ3n) is 6.74. The van der Waals surface area contributed by atoms with Crippen molar-refractivity contribution in [3.63, 3.8) is 0 Å². The zero-order valence-corrected chi connectivity index (χ0v) is 19.8. The Morgan fingerprint density at radius 2 is 1.77 bits per heavy atom. The van der Waals surface area contributed by atoms with Gasteiger partial charge in [0.15, 0.2) is 0 Å². The van der Waals surface area contributed by atoms with Crippen LogP contribution in [0.15, 0.2) is 66.7 Å². The highest BCUT2D eigenvalue weighted by Gasteiger charge is 2.31.